The summed E-state index contributed by atoms with van der Waals surface area (Å²) in [5.41, 5.74) is 0.299. The highest BCUT2D eigenvalue weighted by molar-refractivity contribution is 6.31. The van der Waals surface area contributed by atoms with Crippen LogP contribution in [0.15, 0.2) is 30.9 Å². The maximum absolute atomic E-state index is 13.3. The third-order valence-electron chi connectivity index (χ3n) is 2.30. The number of halogens is 2. The lowest BCUT2D eigenvalue weighted by molar-refractivity contribution is -0.118. The zero-order valence-electron chi connectivity index (χ0n) is 9.01. The molecule has 0 aromatic heterocycles. The molecule has 0 fully saturated rings. The van der Waals surface area contributed by atoms with Crippen molar-refractivity contribution in [3.8, 4) is 0 Å². The Bertz CT molecular complexity index is 367. The molecule has 0 bridgehead atoms. The van der Waals surface area contributed by atoms with E-state index >= 15 is 0 Å². The topological polar surface area (TPSA) is 17.1 Å². The molecule has 0 N–H and O–H groups in total. The van der Waals surface area contributed by atoms with Gasteiger partial charge in [-0.2, -0.15) is 0 Å². The molecule has 0 amide bonds. The third-order valence-corrected chi connectivity index (χ3v) is 2.65. The van der Waals surface area contributed by atoms with Crippen LogP contribution in [0.4, 0.5) is 4.39 Å². The summed E-state index contributed by atoms with van der Waals surface area (Å²) in [6, 6.07) is 4.44. The lowest BCUT2D eigenvalue weighted by Gasteiger charge is -2.04. The molecule has 0 unspecified atom stereocenters. The lowest BCUT2D eigenvalue weighted by atomic mass is 10.0. The highest BCUT2D eigenvalue weighted by atomic mass is 35.5. The number of allylic oxidation sites excluding steroid dienone is 1. The second-order valence-corrected chi connectivity index (χ2v) is 4.00. The number of ketones is 1. The van der Waals surface area contributed by atoms with Crippen molar-refractivity contribution in [3.63, 3.8) is 0 Å². The largest absolute Gasteiger partial charge is 0.299 e. The van der Waals surface area contributed by atoms with Crippen LogP contribution in [0, 0.1) is 5.82 Å². The SMILES string of the molecule is C=CCCCC(=O)Cc1c(F)cccc1Cl. The van der Waals surface area contributed by atoms with Crippen molar-refractivity contribution in [2.75, 3.05) is 0 Å². The van der Waals surface area contributed by atoms with Gasteiger partial charge in [-0.1, -0.05) is 23.7 Å². The van der Waals surface area contributed by atoms with Crippen molar-refractivity contribution in [1.82, 2.24) is 0 Å². The Morgan fingerprint density at radius 2 is 2.25 bits per heavy atom. The summed E-state index contributed by atoms with van der Waals surface area (Å²) in [4.78, 5) is 11.5. The minimum Gasteiger partial charge on any atom is -0.299 e. The van der Waals surface area contributed by atoms with Crippen LogP contribution in [0.1, 0.15) is 24.8 Å². The smallest absolute Gasteiger partial charge is 0.137 e. The molecule has 0 spiro atoms. The number of unbranched alkanes of at least 4 members (excludes halogenated alkanes) is 1. The van der Waals surface area contributed by atoms with Crippen LogP contribution in [-0.4, -0.2) is 5.78 Å². The number of Topliss-reactive ketones (excluding diaryl/α,β-unsaturated/α-hetero) is 1. The number of carbonyl (C=O) groups is 1. The Morgan fingerprint density at radius 1 is 1.50 bits per heavy atom. The summed E-state index contributed by atoms with van der Waals surface area (Å²) >= 11 is 5.83. The van der Waals surface area contributed by atoms with Gasteiger partial charge in [0.25, 0.3) is 0 Å². The van der Waals surface area contributed by atoms with Gasteiger partial charge in [0.05, 0.1) is 0 Å². The first kappa shape index (κ1) is 12.9. The zero-order valence-corrected chi connectivity index (χ0v) is 9.77. The van der Waals surface area contributed by atoms with E-state index in [1.54, 1.807) is 12.1 Å². The Hall–Kier alpha value is -1.15. The number of carbonyl (C=O) groups excluding carboxylic acids is 1. The van der Waals surface area contributed by atoms with E-state index in [1.807, 2.05) is 0 Å². The summed E-state index contributed by atoms with van der Waals surface area (Å²) in [5, 5.41) is 0.317. The molecule has 1 rings (SSSR count). The van der Waals surface area contributed by atoms with Crippen LogP contribution >= 0.6 is 11.6 Å². The number of hydrogen-bond acceptors (Lipinski definition) is 1. The average molecular weight is 241 g/mol. The Balaban J connectivity index is 2.59. The van der Waals surface area contributed by atoms with Crippen molar-refractivity contribution < 1.29 is 9.18 Å². The van der Waals surface area contributed by atoms with Gasteiger partial charge in [-0.15, -0.1) is 6.58 Å². The van der Waals surface area contributed by atoms with Gasteiger partial charge in [-0.25, -0.2) is 4.39 Å². The van der Waals surface area contributed by atoms with E-state index < -0.39 is 5.82 Å². The van der Waals surface area contributed by atoms with Crippen LogP contribution in [-0.2, 0) is 11.2 Å². The molecule has 0 heterocycles. The first-order valence-electron chi connectivity index (χ1n) is 5.20. The van der Waals surface area contributed by atoms with Crippen LogP contribution < -0.4 is 0 Å². The quantitative estimate of drug-likeness (QED) is 0.544. The first-order chi connectivity index (χ1) is 7.65. The first-order valence-corrected chi connectivity index (χ1v) is 5.58. The van der Waals surface area contributed by atoms with Crippen molar-refractivity contribution in [2.45, 2.75) is 25.7 Å². The van der Waals surface area contributed by atoms with Crippen LogP contribution in [0.25, 0.3) is 0 Å². The molecule has 0 radical (unpaired) electrons. The summed E-state index contributed by atoms with van der Waals surface area (Å²) in [7, 11) is 0. The maximum Gasteiger partial charge on any atom is 0.137 e. The predicted molar refractivity (Wildman–Crippen MR) is 64.2 cm³/mol. The second kappa shape index (κ2) is 6.44. The number of benzene rings is 1. The van der Waals surface area contributed by atoms with E-state index in [-0.39, 0.29) is 12.2 Å². The predicted octanol–water partition coefficient (Wildman–Crippen LogP) is 3.95. The van der Waals surface area contributed by atoms with Crippen LogP contribution in [0.5, 0.6) is 0 Å². The average Bonchev–Trinajstić information content (AvgIpc) is 2.24. The standard InChI is InChI=1S/C13H14ClFO/c1-2-3-4-6-10(16)9-11-12(14)7-5-8-13(11)15/h2,5,7-8H,1,3-4,6,9H2. The fourth-order valence-corrected chi connectivity index (χ4v) is 1.66. The molecule has 0 aliphatic carbocycles. The molecule has 0 atom stereocenters. The van der Waals surface area contributed by atoms with Crippen molar-refractivity contribution in [2.24, 2.45) is 0 Å². The van der Waals surface area contributed by atoms with E-state index in [9.17, 15) is 9.18 Å². The molecular formula is C13H14ClFO. The summed E-state index contributed by atoms with van der Waals surface area (Å²) < 4.78 is 13.3. The second-order valence-electron chi connectivity index (χ2n) is 3.60. The molecule has 0 saturated heterocycles. The molecule has 0 saturated carbocycles. The van der Waals surface area contributed by atoms with Gasteiger partial charge in [-0.05, 0) is 25.0 Å². The van der Waals surface area contributed by atoms with E-state index in [2.05, 4.69) is 6.58 Å². The highest BCUT2D eigenvalue weighted by Gasteiger charge is 2.11. The van der Waals surface area contributed by atoms with Gasteiger partial charge < -0.3 is 0 Å². The van der Waals surface area contributed by atoms with Crippen LogP contribution in [0.2, 0.25) is 5.02 Å². The Labute approximate surface area is 99.9 Å². The minimum atomic E-state index is -0.412. The molecule has 1 aromatic rings. The van der Waals surface area contributed by atoms with E-state index in [0.29, 0.717) is 17.0 Å². The van der Waals surface area contributed by atoms with Gasteiger partial charge >= 0.3 is 0 Å². The normalized spacial score (nSPS) is 10.1. The monoisotopic (exact) mass is 240 g/mol. The van der Waals surface area contributed by atoms with Crippen molar-refractivity contribution in [1.29, 1.82) is 0 Å². The van der Waals surface area contributed by atoms with Gasteiger partial charge in [-0.3, -0.25) is 4.79 Å². The van der Waals surface area contributed by atoms with Crippen molar-refractivity contribution >= 4 is 17.4 Å². The Morgan fingerprint density at radius 3 is 2.88 bits per heavy atom. The fraction of sp³-hybridized carbons (Fsp3) is 0.308. The van der Waals surface area contributed by atoms with Gasteiger partial charge in [0.1, 0.15) is 11.6 Å². The van der Waals surface area contributed by atoms with E-state index in [1.165, 1.54) is 12.1 Å². The molecule has 0 aliphatic rings. The van der Waals surface area contributed by atoms with E-state index in [4.69, 9.17) is 11.6 Å². The Kier molecular flexibility index (Phi) is 5.20. The number of rotatable bonds is 6. The molecule has 0 aliphatic heterocycles. The highest BCUT2D eigenvalue weighted by Crippen LogP contribution is 2.20. The molecule has 1 aromatic carbocycles. The van der Waals surface area contributed by atoms with E-state index in [0.717, 1.165) is 12.8 Å². The van der Waals surface area contributed by atoms with Crippen LogP contribution in [0.3, 0.4) is 0 Å². The maximum atomic E-state index is 13.3. The van der Waals surface area contributed by atoms with Crippen molar-refractivity contribution in [3.05, 3.63) is 47.3 Å². The summed E-state index contributed by atoms with van der Waals surface area (Å²) in [6.07, 6.45) is 3.84. The fourth-order valence-electron chi connectivity index (χ4n) is 1.43. The lowest BCUT2D eigenvalue weighted by Crippen LogP contribution is -2.04. The van der Waals surface area contributed by atoms with Gasteiger partial charge in [0.2, 0.25) is 0 Å². The summed E-state index contributed by atoms with van der Waals surface area (Å²) in [6.45, 7) is 3.58. The molecule has 3 heteroatoms. The third kappa shape index (κ3) is 3.78. The molecule has 16 heavy (non-hydrogen) atoms. The molecule has 86 valence electrons. The number of hydrogen-bond donors (Lipinski definition) is 0. The van der Waals surface area contributed by atoms with Gasteiger partial charge in [0, 0.05) is 23.4 Å². The zero-order chi connectivity index (χ0) is 12.0. The summed E-state index contributed by atoms with van der Waals surface area (Å²) in [5.74, 6) is -0.404. The van der Waals surface area contributed by atoms with Gasteiger partial charge in [0.15, 0.2) is 0 Å². The molecule has 1 nitrogen and oxygen atoms in total. The molecular weight excluding hydrogens is 227 g/mol. The minimum absolute atomic E-state index is 0.00819.